The molecule has 0 spiro atoms. The fourth-order valence-electron chi connectivity index (χ4n) is 1.74. The van der Waals surface area contributed by atoms with Crippen LogP contribution in [0.5, 0.6) is 0 Å². The highest BCUT2D eigenvalue weighted by Crippen LogP contribution is 2.17. The zero-order chi connectivity index (χ0) is 12.3. The number of morpholine rings is 1. The van der Waals surface area contributed by atoms with Gasteiger partial charge in [-0.2, -0.15) is 0 Å². The number of hydrogen-bond donors (Lipinski definition) is 0. The summed E-state index contributed by atoms with van der Waals surface area (Å²) in [6, 6.07) is 0. The van der Waals surface area contributed by atoms with Crippen LogP contribution in [0.15, 0.2) is 0 Å². The monoisotopic (exact) mass is 275 g/mol. The van der Waals surface area contributed by atoms with E-state index >= 15 is 0 Å². The molecule has 0 aliphatic carbocycles. The van der Waals surface area contributed by atoms with Gasteiger partial charge in [0.2, 0.25) is 0 Å². The van der Waals surface area contributed by atoms with Gasteiger partial charge in [0.15, 0.2) is 0 Å². The van der Waals surface area contributed by atoms with Crippen molar-refractivity contribution in [1.29, 1.82) is 0 Å². The van der Waals surface area contributed by atoms with E-state index in [1.54, 1.807) is 4.90 Å². The molecule has 1 amide bonds. The molecule has 0 bridgehead atoms. The largest absolute Gasteiger partial charge is 0.373 e. The smallest absolute Gasteiger partial charge is 0.267 e. The van der Waals surface area contributed by atoms with Crippen molar-refractivity contribution in [2.75, 3.05) is 25.6 Å². The van der Waals surface area contributed by atoms with Gasteiger partial charge in [-0.05, 0) is 18.0 Å². The maximum atomic E-state index is 12.3. The van der Waals surface area contributed by atoms with Gasteiger partial charge in [0.05, 0.1) is 24.3 Å². The van der Waals surface area contributed by atoms with E-state index in [-0.39, 0.29) is 12.0 Å². The SMILES string of the molecule is CCc1nnsc1C(=O)N1CCOC(CCl)C1. The molecule has 0 saturated carbocycles. The van der Waals surface area contributed by atoms with Gasteiger partial charge in [-0.25, -0.2) is 0 Å². The third-order valence-electron chi connectivity index (χ3n) is 2.68. The summed E-state index contributed by atoms with van der Waals surface area (Å²) >= 11 is 6.91. The lowest BCUT2D eigenvalue weighted by atomic mass is 10.2. The standard InChI is InChI=1S/C10H14ClN3O2S/c1-2-8-9(17-13-12-8)10(15)14-3-4-16-7(5-11)6-14/h7H,2-6H2,1H3. The number of hydrogen-bond acceptors (Lipinski definition) is 5. The van der Waals surface area contributed by atoms with E-state index in [0.29, 0.717) is 30.5 Å². The quantitative estimate of drug-likeness (QED) is 0.778. The number of carbonyl (C=O) groups is 1. The molecule has 1 fully saturated rings. The van der Waals surface area contributed by atoms with Crippen LogP contribution in [0.2, 0.25) is 0 Å². The molecule has 0 N–H and O–H groups in total. The van der Waals surface area contributed by atoms with Gasteiger partial charge >= 0.3 is 0 Å². The Hall–Kier alpha value is -0.720. The molecule has 1 atom stereocenters. The highest BCUT2D eigenvalue weighted by atomic mass is 35.5. The lowest BCUT2D eigenvalue weighted by molar-refractivity contribution is -0.0106. The van der Waals surface area contributed by atoms with Crippen molar-refractivity contribution in [2.45, 2.75) is 19.4 Å². The summed E-state index contributed by atoms with van der Waals surface area (Å²) in [4.78, 5) is 14.7. The van der Waals surface area contributed by atoms with Crippen molar-refractivity contribution in [2.24, 2.45) is 0 Å². The molecule has 94 valence electrons. The molecule has 5 nitrogen and oxygen atoms in total. The second-order valence-corrected chi connectivity index (χ2v) is 4.86. The maximum absolute atomic E-state index is 12.3. The molecule has 2 heterocycles. The summed E-state index contributed by atoms with van der Waals surface area (Å²) in [6.45, 7) is 3.65. The van der Waals surface area contributed by atoms with Crippen molar-refractivity contribution < 1.29 is 9.53 Å². The zero-order valence-corrected chi connectivity index (χ0v) is 11.1. The van der Waals surface area contributed by atoms with E-state index in [1.807, 2.05) is 6.92 Å². The third-order valence-corrected chi connectivity index (χ3v) is 3.78. The van der Waals surface area contributed by atoms with Crippen molar-refractivity contribution in [3.05, 3.63) is 10.6 Å². The Morgan fingerprint density at radius 2 is 2.53 bits per heavy atom. The summed E-state index contributed by atoms with van der Waals surface area (Å²) in [5, 5.41) is 3.95. The molecule has 2 rings (SSSR count). The van der Waals surface area contributed by atoms with Crippen molar-refractivity contribution in [1.82, 2.24) is 14.5 Å². The van der Waals surface area contributed by atoms with Gasteiger partial charge < -0.3 is 9.64 Å². The zero-order valence-electron chi connectivity index (χ0n) is 9.56. The molecule has 17 heavy (non-hydrogen) atoms. The van der Waals surface area contributed by atoms with Gasteiger partial charge in [-0.15, -0.1) is 16.7 Å². The number of ether oxygens (including phenoxy) is 1. The average Bonchev–Trinajstić information content (AvgIpc) is 2.86. The normalized spacial score (nSPS) is 20.6. The average molecular weight is 276 g/mol. The minimum absolute atomic E-state index is 0.00438. The van der Waals surface area contributed by atoms with E-state index in [9.17, 15) is 4.79 Å². The molecular formula is C10H14ClN3O2S. The number of rotatable bonds is 3. The Morgan fingerprint density at radius 3 is 3.24 bits per heavy atom. The molecule has 0 aromatic carbocycles. The second kappa shape index (κ2) is 5.75. The number of aromatic nitrogens is 2. The number of carbonyl (C=O) groups excluding carboxylic acids is 1. The van der Waals surface area contributed by atoms with E-state index in [4.69, 9.17) is 16.3 Å². The van der Waals surface area contributed by atoms with Crippen molar-refractivity contribution >= 4 is 29.0 Å². The number of halogens is 1. The maximum Gasteiger partial charge on any atom is 0.267 e. The Kier molecular flexibility index (Phi) is 4.31. The molecule has 1 aromatic heterocycles. The van der Waals surface area contributed by atoms with Crippen molar-refractivity contribution in [3.63, 3.8) is 0 Å². The predicted octanol–water partition coefficient (Wildman–Crippen LogP) is 1.18. The minimum atomic E-state index is -0.0691. The first-order chi connectivity index (χ1) is 8.26. The van der Waals surface area contributed by atoms with Crippen LogP contribution in [0, 0.1) is 0 Å². The van der Waals surface area contributed by atoms with Gasteiger partial charge in [0.1, 0.15) is 4.88 Å². The van der Waals surface area contributed by atoms with Crippen LogP contribution < -0.4 is 0 Å². The second-order valence-electron chi connectivity index (χ2n) is 3.80. The van der Waals surface area contributed by atoms with E-state index in [2.05, 4.69) is 9.59 Å². The fourth-order valence-corrected chi connectivity index (χ4v) is 2.65. The Labute approximate surface area is 109 Å². The van der Waals surface area contributed by atoms with E-state index < -0.39 is 0 Å². The van der Waals surface area contributed by atoms with E-state index in [1.165, 1.54) is 0 Å². The molecule has 1 unspecified atom stereocenters. The minimum Gasteiger partial charge on any atom is -0.373 e. The molecule has 1 aliphatic heterocycles. The molecule has 0 radical (unpaired) electrons. The number of amides is 1. The molecule has 1 aromatic rings. The van der Waals surface area contributed by atoms with Crippen molar-refractivity contribution in [3.8, 4) is 0 Å². The van der Waals surface area contributed by atoms with Crippen LogP contribution in [-0.2, 0) is 11.2 Å². The van der Waals surface area contributed by atoms with Crippen LogP contribution in [-0.4, -0.2) is 52.1 Å². The highest BCUT2D eigenvalue weighted by Gasteiger charge is 2.27. The Balaban J connectivity index is 2.09. The van der Waals surface area contributed by atoms with Crippen LogP contribution in [0.25, 0.3) is 0 Å². The van der Waals surface area contributed by atoms with Crippen LogP contribution in [0.1, 0.15) is 22.3 Å². The third kappa shape index (κ3) is 2.75. The van der Waals surface area contributed by atoms with Crippen LogP contribution >= 0.6 is 23.1 Å². The summed E-state index contributed by atoms with van der Waals surface area (Å²) < 4.78 is 9.26. The summed E-state index contributed by atoms with van der Waals surface area (Å²) in [7, 11) is 0. The number of aryl methyl sites for hydroxylation is 1. The van der Waals surface area contributed by atoms with Crippen LogP contribution in [0.4, 0.5) is 0 Å². The first-order valence-electron chi connectivity index (χ1n) is 5.54. The Bertz CT molecular complexity index is 399. The number of nitrogens with zero attached hydrogens (tertiary/aromatic N) is 3. The summed E-state index contributed by atoms with van der Waals surface area (Å²) in [5.74, 6) is 0.404. The molecule has 1 aliphatic rings. The van der Waals surface area contributed by atoms with Crippen LogP contribution in [0.3, 0.4) is 0 Å². The van der Waals surface area contributed by atoms with Gasteiger partial charge in [0.25, 0.3) is 5.91 Å². The lowest BCUT2D eigenvalue weighted by Crippen LogP contribution is -2.46. The Morgan fingerprint density at radius 1 is 1.71 bits per heavy atom. The van der Waals surface area contributed by atoms with E-state index in [0.717, 1.165) is 23.6 Å². The summed E-state index contributed by atoms with van der Waals surface area (Å²) in [6.07, 6.45) is 0.654. The lowest BCUT2D eigenvalue weighted by Gasteiger charge is -2.31. The molecule has 1 saturated heterocycles. The first kappa shape index (κ1) is 12.7. The summed E-state index contributed by atoms with van der Waals surface area (Å²) in [5.41, 5.74) is 0.772. The number of alkyl halides is 1. The highest BCUT2D eigenvalue weighted by molar-refractivity contribution is 7.08. The van der Waals surface area contributed by atoms with Gasteiger partial charge in [-0.3, -0.25) is 4.79 Å². The first-order valence-corrected chi connectivity index (χ1v) is 6.85. The molecule has 7 heteroatoms. The van der Waals surface area contributed by atoms with Gasteiger partial charge in [-0.1, -0.05) is 11.4 Å². The predicted molar refractivity (Wildman–Crippen MR) is 65.7 cm³/mol. The topological polar surface area (TPSA) is 55.3 Å². The van der Waals surface area contributed by atoms with Gasteiger partial charge in [0, 0.05) is 13.1 Å². The molecular weight excluding hydrogens is 262 g/mol. The fraction of sp³-hybridized carbons (Fsp3) is 0.700.